The number of thiol groups is 1. The number of hydrogen-bond acceptors (Lipinski definition) is 2. The van der Waals surface area contributed by atoms with Gasteiger partial charge in [0.05, 0.1) is 0 Å². The Morgan fingerprint density at radius 3 is 2.67 bits per heavy atom. The van der Waals surface area contributed by atoms with Gasteiger partial charge in [-0.2, -0.15) is 12.6 Å². The number of hydrogen-bond donors (Lipinski definition) is 2. The highest BCUT2D eigenvalue weighted by atomic mass is 32.1. The summed E-state index contributed by atoms with van der Waals surface area (Å²) in [6.07, 6.45) is 2.09. The molecule has 1 nitrogen and oxygen atoms in total. The van der Waals surface area contributed by atoms with E-state index < -0.39 is 0 Å². The molecule has 1 unspecified atom stereocenters. The van der Waals surface area contributed by atoms with Gasteiger partial charge in [0.2, 0.25) is 0 Å². The van der Waals surface area contributed by atoms with Gasteiger partial charge in [-0.25, -0.2) is 0 Å². The molecular formula is C7H15NS. The van der Waals surface area contributed by atoms with E-state index in [1.54, 1.807) is 0 Å². The highest BCUT2D eigenvalue weighted by Gasteiger charge is 1.99. The van der Waals surface area contributed by atoms with Gasteiger partial charge in [-0.05, 0) is 25.5 Å². The van der Waals surface area contributed by atoms with Gasteiger partial charge < -0.3 is 5.73 Å². The minimum Gasteiger partial charge on any atom is -0.324 e. The van der Waals surface area contributed by atoms with E-state index in [1.165, 1.54) is 0 Å². The zero-order chi connectivity index (χ0) is 7.28. The maximum Gasteiger partial charge on any atom is 0.0248 e. The van der Waals surface area contributed by atoms with Crippen molar-refractivity contribution in [2.75, 3.05) is 5.75 Å². The lowest BCUT2D eigenvalue weighted by molar-refractivity contribution is 0.680. The van der Waals surface area contributed by atoms with Crippen LogP contribution >= 0.6 is 12.6 Å². The van der Waals surface area contributed by atoms with Crippen LogP contribution in [0.2, 0.25) is 0 Å². The van der Waals surface area contributed by atoms with Crippen LogP contribution in [-0.2, 0) is 0 Å². The lowest BCUT2D eigenvalue weighted by atomic mass is 10.1. The van der Waals surface area contributed by atoms with E-state index in [9.17, 15) is 0 Å². The minimum atomic E-state index is 0.178. The first kappa shape index (κ1) is 9.05. The van der Waals surface area contributed by atoms with E-state index in [0.29, 0.717) is 0 Å². The predicted molar refractivity (Wildman–Crippen MR) is 45.9 cm³/mol. The quantitative estimate of drug-likeness (QED) is 0.456. The van der Waals surface area contributed by atoms with Crippen molar-refractivity contribution in [3.63, 3.8) is 0 Å². The molecule has 0 radical (unpaired) electrons. The highest BCUT2D eigenvalue weighted by molar-refractivity contribution is 7.80. The van der Waals surface area contributed by atoms with Gasteiger partial charge in [0.15, 0.2) is 0 Å². The Labute approximate surface area is 62.7 Å². The fraction of sp³-hybridized carbons (Fsp3) is 0.714. The first-order chi connectivity index (χ1) is 4.18. The molecule has 0 aromatic rings. The summed E-state index contributed by atoms with van der Waals surface area (Å²) in [5.74, 6) is 0.918. The van der Waals surface area contributed by atoms with E-state index in [4.69, 9.17) is 5.73 Å². The smallest absolute Gasteiger partial charge is 0.0248 e. The van der Waals surface area contributed by atoms with Crippen molar-refractivity contribution in [1.82, 2.24) is 0 Å². The Balaban J connectivity index is 3.27. The minimum absolute atomic E-state index is 0.178. The van der Waals surface area contributed by atoms with Crippen LogP contribution in [0.3, 0.4) is 0 Å². The summed E-state index contributed by atoms with van der Waals surface area (Å²) in [4.78, 5) is 0. The van der Waals surface area contributed by atoms with Crippen LogP contribution < -0.4 is 5.73 Å². The first-order valence-corrected chi connectivity index (χ1v) is 3.83. The summed E-state index contributed by atoms with van der Waals surface area (Å²) in [7, 11) is 0. The molecule has 0 aliphatic carbocycles. The highest BCUT2D eigenvalue weighted by Crippen LogP contribution is 2.02. The molecule has 0 saturated carbocycles. The molecule has 9 heavy (non-hydrogen) atoms. The molecule has 0 heterocycles. The van der Waals surface area contributed by atoms with Crippen LogP contribution in [0.25, 0.3) is 0 Å². The monoisotopic (exact) mass is 145 g/mol. The fourth-order valence-corrected chi connectivity index (χ4v) is 0.740. The summed E-state index contributed by atoms with van der Waals surface area (Å²) in [6.45, 7) is 5.72. The van der Waals surface area contributed by atoms with E-state index in [-0.39, 0.29) is 6.04 Å². The van der Waals surface area contributed by atoms with Crippen molar-refractivity contribution < 1.29 is 0 Å². The predicted octanol–water partition coefficient (Wildman–Crippen LogP) is 1.60. The van der Waals surface area contributed by atoms with Gasteiger partial charge in [-0.1, -0.05) is 12.2 Å². The molecular weight excluding hydrogens is 130 g/mol. The fourth-order valence-electron chi connectivity index (χ4n) is 0.558. The van der Waals surface area contributed by atoms with Crippen LogP contribution in [-0.4, -0.2) is 11.8 Å². The molecule has 0 rings (SSSR count). The van der Waals surface area contributed by atoms with Gasteiger partial charge in [0.1, 0.15) is 0 Å². The average molecular weight is 145 g/mol. The van der Waals surface area contributed by atoms with Crippen molar-refractivity contribution in [3.8, 4) is 0 Å². The number of nitrogens with two attached hydrogens (primary N) is 1. The van der Waals surface area contributed by atoms with Crippen molar-refractivity contribution in [1.29, 1.82) is 0 Å². The molecule has 0 saturated heterocycles. The first-order valence-electron chi connectivity index (χ1n) is 3.20. The molecule has 54 valence electrons. The third-order valence-electron chi connectivity index (χ3n) is 1.31. The molecule has 0 aromatic heterocycles. The second-order valence-corrected chi connectivity index (χ2v) is 2.77. The Morgan fingerprint density at radius 2 is 2.33 bits per heavy atom. The largest absolute Gasteiger partial charge is 0.324 e. The maximum absolute atomic E-state index is 5.67. The van der Waals surface area contributed by atoms with Gasteiger partial charge >= 0.3 is 0 Å². The zero-order valence-corrected chi connectivity index (χ0v) is 6.82. The van der Waals surface area contributed by atoms with Gasteiger partial charge in [-0.3, -0.25) is 0 Å². The summed E-state index contributed by atoms with van der Waals surface area (Å²) in [5, 5.41) is 0. The zero-order valence-electron chi connectivity index (χ0n) is 5.93. The normalized spacial score (nSPS) is 13.2. The second-order valence-electron chi connectivity index (χ2n) is 2.32. The standard InChI is InChI=1S/C7H15NS/c1-6(2)7(8)4-3-5-9/h7,9H,1,3-5,8H2,2H3. The molecule has 2 N–H and O–H groups in total. The Morgan fingerprint density at radius 1 is 1.78 bits per heavy atom. The Hall–Kier alpha value is 0.0500. The molecule has 0 spiro atoms. The van der Waals surface area contributed by atoms with Gasteiger partial charge in [0.25, 0.3) is 0 Å². The lowest BCUT2D eigenvalue weighted by Crippen LogP contribution is -2.20. The van der Waals surface area contributed by atoms with E-state index in [2.05, 4.69) is 19.2 Å². The van der Waals surface area contributed by atoms with Crippen molar-refractivity contribution in [2.24, 2.45) is 5.73 Å². The molecule has 2 heteroatoms. The van der Waals surface area contributed by atoms with Crippen molar-refractivity contribution in [2.45, 2.75) is 25.8 Å². The van der Waals surface area contributed by atoms with Crippen molar-refractivity contribution >= 4 is 12.6 Å². The summed E-state index contributed by atoms with van der Waals surface area (Å²) in [6, 6.07) is 0.178. The molecule has 1 atom stereocenters. The lowest BCUT2D eigenvalue weighted by Gasteiger charge is -2.08. The second kappa shape index (κ2) is 4.89. The third kappa shape index (κ3) is 4.55. The summed E-state index contributed by atoms with van der Waals surface area (Å²) in [5.41, 5.74) is 6.74. The van der Waals surface area contributed by atoms with Crippen molar-refractivity contribution in [3.05, 3.63) is 12.2 Å². The molecule has 0 fully saturated rings. The van der Waals surface area contributed by atoms with Crippen LogP contribution in [0.15, 0.2) is 12.2 Å². The Bertz CT molecular complexity index is 90.9. The molecule has 0 bridgehead atoms. The maximum atomic E-state index is 5.67. The van der Waals surface area contributed by atoms with Crippen LogP contribution in [0.4, 0.5) is 0 Å². The summed E-state index contributed by atoms with van der Waals surface area (Å²) < 4.78 is 0. The molecule has 0 aliphatic rings. The van der Waals surface area contributed by atoms with E-state index in [1.807, 2.05) is 6.92 Å². The van der Waals surface area contributed by atoms with Crippen LogP contribution in [0.1, 0.15) is 19.8 Å². The average Bonchev–Trinajstić information content (AvgIpc) is 1.82. The molecule has 0 aliphatic heterocycles. The van der Waals surface area contributed by atoms with Crippen LogP contribution in [0, 0.1) is 0 Å². The topological polar surface area (TPSA) is 26.0 Å². The van der Waals surface area contributed by atoms with E-state index in [0.717, 1.165) is 24.2 Å². The molecule has 0 aromatic carbocycles. The SMILES string of the molecule is C=C(C)C(N)CCCS. The molecule has 0 amide bonds. The number of rotatable bonds is 4. The Kier molecular flexibility index (Phi) is 4.91. The van der Waals surface area contributed by atoms with Gasteiger partial charge in [-0.15, -0.1) is 0 Å². The summed E-state index contributed by atoms with van der Waals surface area (Å²) >= 11 is 4.08. The van der Waals surface area contributed by atoms with E-state index >= 15 is 0 Å². The third-order valence-corrected chi connectivity index (χ3v) is 1.62. The van der Waals surface area contributed by atoms with Gasteiger partial charge in [0, 0.05) is 6.04 Å². The van der Waals surface area contributed by atoms with Crippen LogP contribution in [0.5, 0.6) is 0 Å².